The number of H-pyrrole nitrogens is 3. The van der Waals surface area contributed by atoms with Crippen LogP contribution in [0.2, 0.25) is 0 Å². The molecule has 2 aromatic carbocycles. The maximum Gasteiger partial charge on any atom is 0.335 e. The molecule has 4 N–H and O–H groups in total. The Hall–Kier alpha value is -3.66. The molecule has 4 aromatic rings. The van der Waals surface area contributed by atoms with E-state index in [1.807, 2.05) is 13.0 Å². The summed E-state index contributed by atoms with van der Waals surface area (Å²) in [5.74, 6) is -0.520. The summed E-state index contributed by atoms with van der Waals surface area (Å²) in [6.45, 7) is 3.64. The van der Waals surface area contributed by atoms with Crippen molar-refractivity contribution < 1.29 is 5.11 Å². The number of imidazole rings is 1. The Labute approximate surface area is 176 Å². The average molecular weight is 470 g/mol. The highest BCUT2D eigenvalue weighted by atomic mass is 79.9. The van der Waals surface area contributed by atoms with Gasteiger partial charge in [0.15, 0.2) is 0 Å². The first-order valence-electron chi connectivity index (χ1n) is 8.86. The molecule has 0 saturated carbocycles. The van der Waals surface area contributed by atoms with Crippen LogP contribution < -0.4 is 16.9 Å². The molecule has 4 rings (SSSR count). The molecule has 30 heavy (non-hydrogen) atoms. The van der Waals surface area contributed by atoms with E-state index in [1.54, 1.807) is 31.2 Å². The fourth-order valence-corrected chi connectivity index (χ4v) is 3.58. The molecule has 0 aliphatic rings. The van der Waals surface area contributed by atoms with Crippen molar-refractivity contribution in [3.8, 4) is 11.6 Å². The van der Waals surface area contributed by atoms with Crippen molar-refractivity contribution in [1.82, 2.24) is 19.5 Å². The van der Waals surface area contributed by atoms with Gasteiger partial charge in [-0.3, -0.25) is 14.8 Å². The van der Waals surface area contributed by atoms with E-state index in [0.29, 0.717) is 22.4 Å². The van der Waals surface area contributed by atoms with Crippen LogP contribution in [-0.4, -0.2) is 30.8 Å². The van der Waals surface area contributed by atoms with Crippen LogP contribution in [0.1, 0.15) is 16.7 Å². The molecule has 0 unspecified atom stereocenters. The van der Waals surface area contributed by atoms with Gasteiger partial charge in [0.25, 0.3) is 5.56 Å². The monoisotopic (exact) mass is 469 g/mol. The number of nitrogens with one attached hydrogen (secondary N) is 3. The summed E-state index contributed by atoms with van der Waals surface area (Å²) in [5.41, 5.74) is 1.61. The van der Waals surface area contributed by atoms with Gasteiger partial charge >= 0.3 is 11.4 Å². The summed E-state index contributed by atoms with van der Waals surface area (Å²) >= 11 is 3.43. The second kappa shape index (κ2) is 7.30. The van der Waals surface area contributed by atoms with E-state index in [9.17, 15) is 19.5 Å². The van der Waals surface area contributed by atoms with E-state index in [0.717, 1.165) is 20.2 Å². The summed E-state index contributed by atoms with van der Waals surface area (Å²) in [4.78, 5) is 47.8. The summed E-state index contributed by atoms with van der Waals surface area (Å²) in [6.07, 6.45) is 1.18. The van der Waals surface area contributed by atoms with Crippen LogP contribution in [0.4, 0.5) is 5.69 Å². The Bertz CT molecular complexity index is 1510. The minimum atomic E-state index is -0.764. The van der Waals surface area contributed by atoms with Crippen LogP contribution in [0.15, 0.2) is 54.2 Å². The van der Waals surface area contributed by atoms with E-state index < -0.39 is 17.1 Å². The molecule has 0 aliphatic heterocycles. The Morgan fingerprint density at radius 1 is 1.00 bits per heavy atom. The number of aromatic hydroxyl groups is 1. The maximum absolute atomic E-state index is 12.4. The largest absolute Gasteiger partial charge is 0.493 e. The predicted octanol–water partition coefficient (Wildman–Crippen LogP) is 2.53. The van der Waals surface area contributed by atoms with Crippen LogP contribution >= 0.6 is 15.9 Å². The smallest absolute Gasteiger partial charge is 0.335 e. The molecular weight excluding hydrogens is 454 g/mol. The summed E-state index contributed by atoms with van der Waals surface area (Å²) in [5, 5.41) is 10.7. The summed E-state index contributed by atoms with van der Waals surface area (Å²) in [6, 6.07) is 8.48. The van der Waals surface area contributed by atoms with Crippen molar-refractivity contribution in [1.29, 1.82) is 0 Å². The van der Waals surface area contributed by atoms with Gasteiger partial charge in [-0.1, -0.05) is 15.9 Å². The van der Waals surface area contributed by atoms with Gasteiger partial charge in [-0.25, -0.2) is 14.2 Å². The van der Waals surface area contributed by atoms with E-state index >= 15 is 0 Å². The molecule has 0 amide bonds. The van der Waals surface area contributed by atoms with Crippen molar-refractivity contribution in [3.05, 3.63) is 82.8 Å². The van der Waals surface area contributed by atoms with Crippen LogP contribution in [0.5, 0.6) is 5.88 Å². The molecule has 152 valence electrons. The first-order chi connectivity index (χ1) is 14.2. The third-order valence-electron chi connectivity index (χ3n) is 4.68. The molecule has 0 fully saturated rings. The maximum atomic E-state index is 12.4. The van der Waals surface area contributed by atoms with Gasteiger partial charge in [0, 0.05) is 10.7 Å². The second-order valence-electron chi connectivity index (χ2n) is 6.79. The number of aryl methyl sites for hydroxylation is 2. The van der Waals surface area contributed by atoms with E-state index in [-0.39, 0.29) is 11.3 Å². The molecule has 2 aromatic heterocycles. The Balaban J connectivity index is 1.84. The number of aliphatic imine (C=N–C) groups is 1. The lowest BCUT2D eigenvalue weighted by molar-refractivity contribution is 0.430. The zero-order valence-electron chi connectivity index (χ0n) is 15.9. The molecule has 0 saturated heterocycles. The van der Waals surface area contributed by atoms with Crippen LogP contribution in [0.25, 0.3) is 16.7 Å². The van der Waals surface area contributed by atoms with Gasteiger partial charge in [-0.15, -0.1) is 0 Å². The van der Waals surface area contributed by atoms with Gasteiger partial charge in [-0.05, 0) is 55.3 Å². The Morgan fingerprint density at radius 2 is 1.73 bits per heavy atom. The molecular formula is C20H16BrN5O4. The van der Waals surface area contributed by atoms with Crippen molar-refractivity contribution in [2.24, 2.45) is 4.99 Å². The minimum absolute atomic E-state index is 0.169. The number of rotatable bonds is 3. The molecule has 10 heteroatoms. The molecule has 0 bridgehead atoms. The molecule has 9 nitrogen and oxygen atoms in total. The molecule has 0 spiro atoms. The van der Waals surface area contributed by atoms with E-state index in [2.05, 4.69) is 35.9 Å². The molecule has 0 atom stereocenters. The highest BCUT2D eigenvalue weighted by molar-refractivity contribution is 9.10. The van der Waals surface area contributed by atoms with Crippen molar-refractivity contribution >= 4 is 38.9 Å². The number of fused-ring (bicyclic) bond motifs is 1. The normalized spacial score (nSPS) is 11.6. The topological polar surface area (TPSA) is 136 Å². The number of halogens is 1. The van der Waals surface area contributed by atoms with Gasteiger partial charge in [-0.2, -0.15) is 0 Å². The average Bonchev–Trinajstić information content (AvgIpc) is 3.04. The van der Waals surface area contributed by atoms with Crippen molar-refractivity contribution in [2.75, 3.05) is 0 Å². The highest BCUT2D eigenvalue weighted by Crippen LogP contribution is 2.26. The molecule has 0 radical (unpaired) electrons. The third kappa shape index (κ3) is 3.41. The quantitative estimate of drug-likeness (QED) is 0.342. The van der Waals surface area contributed by atoms with Gasteiger partial charge in [0.1, 0.15) is 5.56 Å². The SMILES string of the molecule is Cc1cc(-n2c(O)c(C=Nc3ccc4[nH]c(=O)[nH]c4c3)c(=O)[nH]c2=O)c(C)cc1Br. The molecule has 0 aliphatic carbocycles. The summed E-state index contributed by atoms with van der Waals surface area (Å²) in [7, 11) is 0. The predicted molar refractivity (Wildman–Crippen MR) is 118 cm³/mol. The van der Waals surface area contributed by atoms with Crippen LogP contribution in [0.3, 0.4) is 0 Å². The Morgan fingerprint density at radius 3 is 2.50 bits per heavy atom. The second-order valence-corrected chi connectivity index (χ2v) is 7.64. The van der Waals surface area contributed by atoms with E-state index in [1.165, 1.54) is 6.21 Å². The van der Waals surface area contributed by atoms with Crippen molar-refractivity contribution in [3.63, 3.8) is 0 Å². The number of aromatic nitrogens is 4. The first-order valence-corrected chi connectivity index (χ1v) is 9.65. The van der Waals surface area contributed by atoms with Gasteiger partial charge < -0.3 is 15.1 Å². The number of hydrogen-bond donors (Lipinski definition) is 4. The van der Waals surface area contributed by atoms with Crippen LogP contribution in [0, 0.1) is 13.8 Å². The lowest BCUT2D eigenvalue weighted by atomic mass is 10.1. The highest BCUT2D eigenvalue weighted by Gasteiger charge is 2.16. The lowest BCUT2D eigenvalue weighted by Crippen LogP contribution is -2.31. The number of aromatic amines is 3. The summed E-state index contributed by atoms with van der Waals surface area (Å²) < 4.78 is 1.89. The zero-order valence-corrected chi connectivity index (χ0v) is 17.5. The number of nitrogens with zero attached hydrogens (tertiary/aromatic N) is 2. The van der Waals surface area contributed by atoms with E-state index in [4.69, 9.17) is 0 Å². The fourth-order valence-electron chi connectivity index (χ4n) is 3.12. The zero-order chi connectivity index (χ0) is 21.6. The third-order valence-corrected chi connectivity index (χ3v) is 5.54. The molecule has 2 heterocycles. The van der Waals surface area contributed by atoms with Gasteiger partial charge in [0.2, 0.25) is 5.88 Å². The number of benzene rings is 2. The van der Waals surface area contributed by atoms with Crippen LogP contribution in [-0.2, 0) is 0 Å². The first kappa shape index (κ1) is 19.6. The standard InChI is InChI=1S/C20H16BrN5O4/c1-9-6-16(10(2)5-13(9)21)26-18(28)12(17(27)25-20(26)30)8-22-11-3-4-14-15(7-11)24-19(29)23-14/h3-8,28H,1-2H3,(H2,23,24,29)(H,25,27,30). The minimum Gasteiger partial charge on any atom is -0.493 e. The fraction of sp³-hybridized carbons (Fsp3) is 0.100. The van der Waals surface area contributed by atoms with Gasteiger partial charge in [0.05, 0.1) is 22.4 Å². The van der Waals surface area contributed by atoms with Crippen molar-refractivity contribution in [2.45, 2.75) is 13.8 Å². The Kier molecular flexibility index (Phi) is 4.78. The lowest BCUT2D eigenvalue weighted by Gasteiger charge is -2.14. The number of hydrogen-bond acceptors (Lipinski definition) is 5.